The monoisotopic (exact) mass is 273 g/mol. The van der Waals surface area contributed by atoms with Gasteiger partial charge in [0.15, 0.2) is 17.5 Å². The van der Waals surface area contributed by atoms with Gasteiger partial charge in [0.2, 0.25) is 0 Å². The fourth-order valence-electron chi connectivity index (χ4n) is 1.18. The molecule has 0 spiro atoms. The first-order chi connectivity index (χ1) is 8.73. The number of anilines is 1. The zero-order valence-electron chi connectivity index (χ0n) is 10.1. The number of aliphatic carboxylic acids is 1. The molecule has 0 atom stereocenters. The quantitative estimate of drug-likeness (QED) is 0.656. The molecule has 0 aliphatic rings. The van der Waals surface area contributed by atoms with Crippen molar-refractivity contribution in [2.45, 2.75) is 13.8 Å². The van der Waals surface area contributed by atoms with Crippen LogP contribution in [0.2, 0.25) is 0 Å². The van der Waals surface area contributed by atoms with Crippen LogP contribution < -0.4 is 5.32 Å². The van der Waals surface area contributed by atoms with E-state index in [0.717, 1.165) is 0 Å². The molecule has 4 nitrogen and oxygen atoms in total. The Morgan fingerprint density at radius 2 is 1.53 bits per heavy atom. The highest BCUT2D eigenvalue weighted by molar-refractivity contribution is 6.08. The maximum Gasteiger partial charge on any atom is 0.331 e. The van der Waals surface area contributed by atoms with Gasteiger partial charge >= 0.3 is 5.97 Å². The number of carbonyl (C=O) groups is 2. The molecule has 2 N–H and O–H groups in total. The molecule has 0 aliphatic heterocycles. The van der Waals surface area contributed by atoms with E-state index in [2.05, 4.69) is 5.32 Å². The second-order valence-electron chi connectivity index (χ2n) is 3.76. The molecule has 0 aliphatic carbocycles. The van der Waals surface area contributed by atoms with Gasteiger partial charge in [0.25, 0.3) is 5.91 Å². The van der Waals surface area contributed by atoms with Gasteiger partial charge in [-0.05, 0) is 13.8 Å². The third-order valence-electron chi connectivity index (χ3n) is 2.47. The lowest BCUT2D eigenvalue weighted by atomic mass is 10.1. The zero-order chi connectivity index (χ0) is 14.7. The maximum absolute atomic E-state index is 12.9. The summed E-state index contributed by atoms with van der Waals surface area (Å²) in [6, 6.07) is 1.19. The first kappa shape index (κ1) is 14.7. The minimum atomic E-state index is -1.65. The predicted molar refractivity (Wildman–Crippen MR) is 61.0 cm³/mol. The lowest BCUT2D eigenvalue weighted by Crippen LogP contribution is -2.16. The Bertz CT molecular complexity index is 559. The van der Waals surface area contributed by atoms with Crippen molar-refractivity contribution in [3.8, 4) is 0 Å². The van der Waals surface area contributed by atoms with Crippen LogP contribution in [-0.4, -0.2) is 17.0 Å². The number of nitrogens with one attached hydrogen (secondary N) is 1. The number of rotatable bonds is 3. The van der Waals surface area contributed by atoms with Crippen LogP contribution in [0, 0.1) is 17.5 Å². The normalized spacial score (nSPS) is 11.8. The molecule has 1 amide bonds. The Kier molecular flexibility index (Phi) is 4.31. The summed E-state index contributed by atoms with van der Waals surface area (Å²) in [5, 5.41) is 10.8. The van der Waals surface area contributed by atoms with Crippen LogP contribution in [0.15, 0.2) is 23.3 Å². The summed E-state index contributed by atoms with van der Waals surface area (Å²) in [7, 11) is 0. The molecule has 0 bridgehead atoms. The Hall–Kier alpha value is -2.31. The van der Waals surface area contributed by atoms with Gasteiger partial charge in [0, 0.05) is 29.0 Å². The van der Waals surface area contributed by atoms with Crippen LogP contribution >= 0.6 is 0 Å². The predicted octanol–water partition coefficient (Wildman–Crippen LogP) is 2.46. The van der Waals surface area contributed by atoms with Gasteiger partial charge in [0.05, 0.1) is 0 Å². The van der Waals surface area contributed by atoms with Crippen LogP contribution in [0.3, 0.4) is 0 Å². The van der Waals surface area contributed by atoms with Gasteiger partial charge in [-0.15, -0.1) is 0 Å². The third kappa shape index (κ3) is 3.34. The largest absolute Gasteiger partial charge is 0.478 e. The van der Waals surface area contributed by atoms with Crippen molar-refractivity contribution in [1.29, 1.82) is 0 Å². The summed E-state index contributed by atoms with van der Waals surface area (Å²) in [4.78, 5) is 22.2. The van der Waals surface area contributed by atoms with Gasteiger partial charge in [-0.1, -0.05) is 0 Å². The van der Waals surface area contributed by atoms with Gasteiger partial charge in [-0.3, -0.25) is 4.79 Å². The maximum atomic E-state index is 12.9. The summed E-state index contributed by atoms with van der Waals surface area (Å²) >= 11 is 0. The Labute approximate surface area is 106 Å². The van der Waals surface area contributed by atoms with E-state index < -0.39 is 29.3 Å². The molecule has 102 valence electrons. The van der Waals surface area contributed by atoms with E-state index in [4.69, 9.17) is 5.11 Å². The summed E-state index contributed by atoms with van der Waals surface area (Å²) in [6.45, 7) is 2.46. The summed E-state index contributed by atoms with van der Waals surface area (Å²) < 4.78 is 38.5. The van der Waals surface area contributed by atoms with Crippen LogP contribution in [-0.2, 0) is 9.59 Å². The van der Waals surface area contributed by atoms with Gasteiger partial charge in [-0.2, -0.15) is 0 Å². The average molecular weight is 273 g/mol. The minimum Gasteiger partial charge on any atom is -0.478 e. The number of carbonyl (C=O) groups excluding carboxylic acids is 1. The number of carboxylic acid groups (broad SMARTS) is 1. The van der Waals surface area contributed by atoms with Gasteiger partial charge < -0.3 is 10.4 Å². The van der Waals surface area contributed by atoms with Crippen LogP contribution in [0.4, 0.5) is 18.9 Å². The summed E-state index contributed by atoms with van der Waals surface area (Å²) in [5.74, 6) is -6.68. The number of benzene rings is 1. The molecule has 0 saturated heterocycles. The SMILES string of the molecule is CC(C(=O)O)=C(C)C(=O)Nc1cc(F)c(F)c(F)c1. The molecule has 0 radical (unpaired) electrons. The van der Waals surface area contributed by atoms with E-state index in [1.54, 1.807) is 0 Å². The number of hydrogen-bond donors (Lipinski definition) is 2. The second-order valence-corrected chi connectivity index (χ2v) is 3.76. The molecule has 0 unspecified atom stereocenters. The number of hydrogen-bond acceptors (Lipinski definition) is 2. The Morgan fingerprint density at radius 1 is 1.05 bits per heavy atom. The van der Waals surface area contributed by atoms with E-state index in [1.165, 1.54) is 13.8 Å². The van der Waals surface area contributed by atoms with E-state index >= 15 is 0 Å². The van der Waals surface area contributed by atoms with Gasteiger partial charge in [0.1, 0.15) is 0 Å². The van der Waals surface area contributed by atoms with E-state index in [9.17, 15) is 22.8 Å². The van der Waals surface area contributed by atoms with Crippen LogP contribution in [0.25, 0.3) is 0 Å². The summed E-state index contributed by atoms with van der Waals surface area (Å²) in [5.41, 5.74) is -0.642. The topological polar surface area (TPSA) is 66.4 Å². The highest BCUT2D eigenvalue weighted by Crippen LogP contribution is 2.18. The zero-order valence-corrected chi connectivity index (χ0v) is 10.1. The second kappa shape index (κ2) is 5.55. The van der Waals surface area contributed by atoms with E-state index in [1.807, 2.05) is 0 Å². The molecular weight excluding hydrogens is 263 g/mol. The van der Waals surface area contributed by atoms with Crippen molar-refractivity contribution >= 4 is 17.6 Å². The van der Waals surface area contributed by atoms with Crippen molar-refractivity contribution in [1.82, 2.24) is 0 Å². The smallest absolute Gasteiger partial charge is 0.331 e. The molecular formula is C12H10F3NO3. The molecule has 0 heterocycles. The Morgan fingerprint density at radius 3 is 1.95 bits per heavy atom. The highest BCUT2D eigenvalue weighted by Gasteiger charge is 2.15. The molecule has 0 aromatic heterocycles. The number of halogens is 3. The standard InChI is InChI=1S/C12H10F3NO3/c1-5(6(2)12(18)19)11(17)16-7-3-8(13)10(15)9(14)4-7/h3-4H,1-2H3,(H,16,17)(H,18,19). The number of carboxylic acids is 1. The van der Waals surface area contributed by atoms with Crippen molar-refractivity contribution in [3.05, 3.63) is 40.7 Å². The molecule has 1 aromatic rings. The minimum absolute atomic E-state index is 0.127. The Balaban J connectivity index is 3.02. The average Bonchev–Trinajstić information content (AvgIpc) is 2.33. The van der Waals surface area contributed by atoms with E-state index in [0.29, 0.717) is 12.1 Å². The first-order valence-corrected chi connectivity index (χ1v) is 5.10. The lowest BCUT2D eigenvalue weighted by molar-refractivity contribution is -0.133. The molecule has 7 heteroatoms. The highest BCUT2D eigenvalue weighted by atomic mass is 19.2. The van der Waals surface area contributed by atoms with E-state index in [-0.39, 0.29) is 16.8 Å². The fourth-order valence-corrected chi connectivity index (χ4v) is 1.18. The molecule has 1 aromatic carbocycles. The molecule has 0 saturated carbocycles. The van der Waals surface area contributed by atoms with Gasteiger partial charge in [-0.25, -0.2) is 18.0 Å². The van der Waals surface area contributed by atoms with Crippen molar-refractivity contribution in [3.63, 3.8) is 0 Å². The molecule has 0 fully saturated rings. The van der Waals surface area contributed by atoms with Crippen LogP contribution in [0.1, 0.15) is 13.8 Å². The number of amides is 1. The lowest BCUT2D eigenvalue weighted by Gasteiger charge is -2.07. The third-order valence-corrected chi connectivity index (χ3v) is 2.47. The van der Waals surface area contributed by atoms with Crippen molar-refractivity contribution in [2.75, 3.05) is 5.32 Å². The molecule has 19 heavy (non-hydrogen) atoms. The molecule has 1 rings (SSSR count). The summed E-state index contributed by atoms with van der Waals surface area (Å²) in [6.07, 6.45) is 0. The first-order valence-electron chi connectivity index (χ1n) is 5.10. The van der Waals surface area contributed by atoms with Crippen molar-refractivity contribution in [2.24, 2.45) is 0 Å². The fraction of sp³-hybridized carbons (Fsp3) is 0.167. The van der Waals surface area contributed by atoms with Crippen LogP contribution in [0.5, 0.6) is 0 Å². The van der Waals surface area contributed by atoms with Crippen molar-refractivity contribution < 1.29 is 27.9 Å².